The zero-order valence-electron chi connectivity index (χ0n) is 10.2. The van der Waals surface area contributed by atoms with E-state index in [9.17, 15) is 9.59 Å². The van der Waals surface area contributed by atoms with Crippen molar-refractivity contribution in [2.45, 2.75) is 6.92 Å². The van der Waals surface area contributed by atoms with Crippen molar-refractivity contribution >= 4 is 23.2 Å². The van der Waals surface area contributed by atoms with E-state index in [4.69, 9.17) is 4.52 Å². The molecule has 0 radical (unpaired) electrons. The van der Waals surface area contributed by atoms with Gasteiger partial charge in [0.2, 0.25) is 5.91 Å². The highest BCUT2D eigenvalue weighted by molar-refractivity contribution is 6.14. The molecule has 0 bridgehead atoms. The number of aromatic nitrogens is 1. The Kier molecular flexibility index (Phi) is 2.56. The van der Waals surface area contributed by atoms with Crippen LogP contribution >= 0.6 is 0 Å². The van der Waals surface area contributed by atoms with Gasteiger partial charge in [-0.05, 0) is 19.1 Å². The van der Waals surface area contributed by atoms with Gasteiger partial charge in [-0.25, -0.2) is 0 Å². The lowest BCUT2D eigenvalue weighted by Crippen LogP contribution is -2.42. The molecule has 19 heavy (non-hydrogen) atoms. The molecule has 1 aliphatic rings. The van der Waals surface area contributed by atoms with Crippen LogP contribution in [-0.4, -0.2) is 23.5 Å². The topological polar surface area (TPSA) is 75.4 Å². The van der Waals surface area contributed by atoms with Gasteiger partial charge in [-0.2, -0.15) is 0 Å². The monoisotopic (exact) mass is 257 g/mol. The van der Waals surface area contributed by atoms with Gasteiger partial charge in [-0.15, -0.1) is 0 Å². The van der Waals surface area contributed by atoms with Gasteiger partial charge in [0.05, 0.1) is 11.4 Å². The molecular formula is C13H11N3O3. The van der Waals surface area contributed by atoms with Gasteiger partial charge in [0, 0.05) is 6.07 Å². The number of nitrogens with one attached hydrogen (secondary N) is 1. The molecule has 0 atom stereocenters. The molecule has 6 nitrogen and oxygen atoms in total. The lowest BCUT2D eigenvalue weighted by atomic mass is 10.2. The van der Waals surface area contributed by atoms with Crippen LogP contribution in [0.1, 0.15) is 16.2 Å². The molecule has 2 aromatic rings. The number of amides is 2. The summed E-state index contributed by atoms with van der Waals surface area (Å²) in [7, 11) is 0. The molecule has 96 valence electrons. The Balaban J connectivity index is 2.01. The van der Waals surface area contributed by atoms with Gasteiger partial charge in [-0.1, -0.05) is 17.3 Å². The largest absolute Gasteiger partial charge is 0.361 e. The van der Waals surface area contributed by atoms with Crippen molar-refractivity contribution in [1.29, 1.82) is 0 Å². The minimum atomic E-state index is -0.348. The first kappa shape index (κ1) is 11.5. The maximum atomic E-state index is 12.3. The average molecular weight is 257 g/mol. The summed E-state index contributed by atoms with van der Waals surface area (Å²) in [4.78, 5) is 25.4. The van der Waals surface area contributed by atoms with Crippen molar-refractivity contribution in [1.82, 2.24) is 5.16 Å². The number of benzene rings is 1. The molecule has 0 spiro atoms. The van der Waals surface area contributed by atoms with E-state index in [1.165, 1.54) is 4.90 Å². The fourth-order valence-corrected chi connectivity index (χ4v) is 2.02. The Labute approximate surface area is 109 Å². The van der Waals surface area contributed by atoms with Gasteiger partial charge in [0.15, 0.2) is 5.69 Å². The highest BCUT2D eigenvalue weighted by Gasteiger charge is 2.28. The van der Waals surface area contributed by atoms with Crippen LogP contribution in [0.4, 0.5) is 11.4 Å². The summed E-state index contributed by atoms with van der Waals surface area (Å²) in [6, 6.07) is 8.69. The van der Waals surface area contributed by atoms with Crippen molar-refractivity contribution in [3.8, 4) is 0 Å². The van der Waals surface area contributed by atoms with Crippen LogP contribution in [0, 0.1) is 6.92 Å². The Morgan fingerprint density at radius 3 is 2.95 bits per heavy atom. The standard InChI is InChI=1S/C13H11N3O3/c1-8-6-10(15-19-8)13(18)16-7-12(17)14-9-4-2-3-5-11(9)16/h2-6H,7H2,1H3,(H,14,17). The first-order chi connectivity index (χ1) is 9.15. The number of fused-ring (bicyclic) bond motifs is 1. The number of carbonyl (C=O) groups excluding carboxylic acids is 2. The fourth-order valence-electron chi connectivity index (χ4n) is 2.02. The van der Waals surface area contributed by atoms with Crippen LogP contribution in [0.2, 0.25) is 0 Å². The SMILES string of the molecule is Cc1cc(C(=O)N2CC(=O)Nc3ccccc32)no1. The van der Waals surface area contributed by atoms with E-state index in [1.807, 2.05) is 6.07 Å². The molecule has 6 heteroatoms. The molecule has 1 N–H and O–H groups in total. The van der Waals surface area contributed by atoms with Crippen molar-refractivity contribution in [2.24, 2.45) is 0 Å². The third-order valence-electron chi connectivity index (χ3n) is 2.86. The summed E-state index contributed by atoms with van der Waals surface area (Å²) >= 11 is 0. The van der Waals surface area contributed by atoms with Crippen molar-refractivity contribution in [2.75, 3.05) is 16.8 Å². The third kappa shape index (κ3) is 1.97. The van der Waals surface area contributed by atoms with E-state index >= 15 is 0 Å². The van der Waals surface area contributed by atoms with Gasteiger partial charge < -0.3 is 9.84 Å². The van der Waals surface area contributed by atoms with Gasteiger partial charge in [0.25, 0.3) is 5.91 Å². The second-order valence-corrected chi connectivity index (χ2v) is 4.28. The first-order valence-electron chi connectivity index (χ1n) is 5.79. The van der Waals surface area contributed by atoms with Crippen LogP contribution < -0.4 is 10.2 Å². The van der Waals surface area contributed by atoms with Gasteiger partial charge in [-0.3, -0.25) is 14.5 Å². The molecule has 0 saturated heterocycles. The predicted octanol–water partition coefficient (Wildman–Crippen LogP) is 1.58. The number of hydrogen-bond acceptors (Lipinski definition) is 4. The zero-order valence-corrected chi connectivity index (χ0v) is 10.2. The predicted molar refractivity (Wildman–Crippen MR) is 68.0 cm³/mol. The molecule has 0 fully saturated rings. The molecule has 1 aliphatic heterocycles. The summed E-state index contributed by atoms with van der Waals surface area (Å²) in [5.41, 5.74) is 1.47. The third-order valence-corrected chi connectivity index (χ3v) is 2.86. The second kappa shape index (κ2) is 4.24. The quantitative estimate of drug-likeness (QED) is 0.841. The maximum Gasteiger partial charge on any atom is 0.281 e. The molecule has 1 aromatic heterocycles. The second-order valence-electron chi connectivity index (χ2n) is 4.28. The maximum absolute atomic E-state index is 12.3. The summed E-state index contributed by atoms with van der Waals surface area (Å²) in [6.07, 6.45) is 0. The molecule has 0 aliphatic carbocycles. The fraction of sp³-hybridized carbons (Fsp3) is 0.154. The Morgan fingerprint density at radius 2 is 2.21 bits per heavy atom. The van der Waals surface area contributed by atoms with Crippen LogP contribution in [0.25, 0.3) is 0 Å². The van der Waals surface area contributed by atoms with Crippen LogP contribution in [0.15, 0.2) is 34.9 Å². The normalized spacial score (nSPS) is 13.9. The summed E-state index contributed by atoms with van der Waals surface area (Å²) in [5.74, 6) is -0.0236. The Bertz CT molecular complexity index is 663. The molecule has 0 unspecified atom stereocenters. The molecule has 3 rings (SSSR count). The van der Waals surface area contributed by atoms with Crippen molar-refractivity contribution in [3.63, 3.8) is 0 Å². The van der Waals surface area contributed by atoms with E-state index < -0.39 is 0 Å². The van der Waals surface area contributed by atoms with Crippen molar-refractivity contribution < 1.29 is 14.1 Å². The average Bonchev–Trinajstić information content (AvgIpc) is 2.83. The lowest BCUT2D eigenvalue weighted by Gasteiger charge is -2.28. The molecule has 2 amide bonds. The number of carbonyl (C=O) groups is 2. The molecule has 1 aromatic carbocycles. The minimum Gasteiger partial charge on any atom is -0.361 e. The van der Waals surface area contributed by atoms with E-state index in [0.29, 0.717) is 17.1 Å². The summed E-state index contributed by atoms with van der Waals surface area (Å²) in [6.45, 7) is 1.68. The number of para-hydroxylation sites is 2. The smallest absolute Gasteiger partial charge is 0.281 e. The van der Waals surface area contributed by atoms with E-state index in [0.717, 1.165) is 0 Å². The number of hydrogen-bond donors (Lipinski definition) is 1. The molecule has 2 heterocycles. The Morgan fingerprint density at radius 1 is 1.42 bits per heavy atom. The molecule has 0 saturated carbocycles. The number of rotatable bonds is 1. The van der Waals surface area contributed by atoms with Gasteiger partial charge in [0.1, 0.15) is 12.3 Å². The number of aryl methyl sites for hydroxylation is 1. The van der Waals surface area contributed by atoms with Crippen LogP contribution in [-0.2, 0) is 4.79 Å². The minimum absolute atomic E-state index is 0.0260. The highest BCUT2D eigenvalue weighted by atomic mass is 16.5. The van der Waals surface area contributed by atoms with E-state index in [2.05, 4.69) is 10.5 Å². The van der Waals surface area contributed by atoms with Crippen LogP contribution in [0.5, 0.6) is 0 Å². The van der Waals surface area contributed by atoms with E-state index in [-0.39, 0.29) is 24.1 Å². The van der Waals surface area contributed by atoms with E-state index in [1.54, 1.807) is 31.2 Å². The lowest BCUT2D eigenvalue weighted by molar-refractivity contribution is -0.115. The number of anilines is 2. The Hall–Kier alpha value is -2.63. The van der Waals surface area contributed by atoms with Crippen LogP contribution in [0.3, 0.4) is 0 Å². The van der Waals surface area contributed by atoms with Crippen molar-refractivity contribution in [3.05, 3.63) is 41.8 Å². The highest BCUT2D eigenvalue weighted by Crippen LogP contribution is 2.29. The summed E-state index contributed by atoms with van der Waals surface area (Å²) < 4.78 is 4.89. The zero-order chi connectivity index (χ0) is 13.4. The number of nitrogens with zero attached hydrogens (tertiary/aromatic N) is 2. The summed E-state index contributed by atoms with van der Waals surface area (Å²) in [5, 5.41) is 6.42. The first-order valence-corrected chi connectivity index (χ1v) is 5.79. The molecular weight excluding hydrogens is 246 g/mol. The van der Waals surface area contributed by atoms with Gasteiger partial charge >= 0.3 is 0 Å².